The van der Waals surface area contributed by atoms with Gasteiger partial charge in [-0.25, -0.2) is 4.90 Å². The zero-order valence-electron chi connectivity index (χ0n) is 29.5. The Morgan fingerprint density at radius 3 is 1.72 bits per heavy atom. The molecule has 2 heterocycles. The molecule has 258 valence electrons. The summed E-state index contributed by atoms with van der Waals surface area (Å²) in [6.45, 7) is 4.53. The summed E-state index contributed by atoms with van der Waals surface area (Å²) >= 11 is 0. The molecule has 0 radical (unpaired) electrons. The van der Waals surface area contributed by atoms with Gasteiger partial charge < -0.3 is 0 Å². The van der Waals surface area contributed by atoms with E-state index in [1.165, 1.54) is 45.6 Å². The number of benzene rings is 6. The van der Waals surface area contributed by atoms with E-state index in [1.54, 1.807) is 36.4 Å². The third-order valence-electron chi connectivity index (χ3n) is 11.4. The standard InChI is InChI=1S/C47H36N2O4/c1-3-4-9-28(2)29-14-18-32(19-15-29)47(41-12-7-5-10-35(41)36-11-6-8-13-42(36)47)33-20-22-34(23-21-33)49-45(52)38-25-17-31(27-40(38)46(49)53)30-16-24-37-39(26-30)44(51)48-43(37)50/h5-8,10-28H,3-4,9H2,1-2H3,(H,48,50,51). The Bertz CT molecular complexity index is 2470. The third kappa shape index (κ3) is 4.86. The molecule has 3 aliphatic rings. The van der Waals surface area contributed by atoms with E-state index >= 15 is 0 Å². The molecule has 0 fully saturated rings. The molecule has 6 heteroatoms. The van der Waals surface area contributed by atoms with Crippen molar-refractivity contribution < 1.29 is 19.2 Å². The van der Waals surface area contributed by atoms with Gasteiger partial charge in [-0.3, -0.25) is 24.5 Å². The number of carbonyl (C=O) groups is 4. The summed E-state index contributed by atoms with van der Waals surface area (Å²) in [4.78, 5) is 53.4. The summed E-state index contributed by atoms with van der Waals surface area (Å²) < 4.78 is 0. The van der Waals surface area contributed by atoms with Crippen molar-refractivity contribution in [2.45, 2.75) is 44.4 Å². The quantitative estimate of drug-likeness (QED) is 0.161. The maximum atomic E-state index is 14.0. The van der Waals surface area contributed by atoms with Crippen molar-refractivity contribution >= 4 is 29.3 Å². The van der Waals surface area contributed by atoms with Gasteiger partial charge in [-0.15, -0.1) is 0 Å². The average molecular weight is 693 g/mol. The Labute approximate surface area is 308 Å². The first-order valence-corrected chi connectivity index (χ1v) is 18.2. The highest BCUT2D eigenvalue weighted by Crippen LogP contribution is 2.56. The van der Waals surface area contributed by atoms with Gasteiger partial charge in [-0.2, -0.15) is 0 Å². The number of imide groups is 2. The topological polar surface area (TPSA) is 83.6 Å². The lowest BCUT2D eigenvalue weighted by Crippen LogP contribution is -2.30. The lowest BCUT2D eigenvalue weighted by molar-refractivity contribution is 0.0874. The van der Waals surface area contributed by atoms with E-state index in [2.05, 4.69) is 104 Å². The molecule has 4 amide bonds. The number of unbranched alkanes of at least 4 members (excludes halogenated alkanes) is 1. The van der Waals surface area contributed by atoms with Crippen LogP contribution in [0.4, 0.5) is 5.69 Å². The molecule has 1 unspecified atom stereocenters. The SMILES string of the molecule is CCCCC(C)c1ccc(C2(c3ccc(N4C(=O)c5ccc(-c6ccc7c(c6)C(=O)NC7=O)cc5C4=O)cc3)c3ccccc3-c3ccccc32)cc1. The second kappa shape index (κ2) is 12.4. The summed E-state index contributed by atoms with van der Waals surface area (Å²) in [5, 5.41) is 2.31. The van der Waals surface area contributed by atoms with Crippen LogP contribution in [-0.4, -0.2) is 23.6 Å². The molecule has 0 spiro atoms. The monoisotopic (exact) mass is 692 g/mol. The largest absolute Gasteiger partial charge is 0.288 e. The van der Waals surface area contributed by atoms with E-state index in [0.717, 1.165) is 17.5 Å². The van der Waals surface area contributed by atoms with Crippen LogP contribution in [0, 0.1) is 0 Å². The molecule has 6 aromatic carbocycles. The first-order chi connectivity index (χ1) is 25.8. The van der Waals surface area contributed by atoms with Gasteiger partial charge in [0.1, 0.15) is 0 Å². The van der Waals surface area contributed by atoms with Crippen molar-refractivity contribution in [2.24, 2.45) is 0 Å². The Hall–Kier alpha value is -6.40. The Morgan fingerprint density at radius 1 is 0.566 bits per heavy atom. The second-order valence-corrected chi connectivity index (χ2v) is 14.3. The lowest BCUT2D eigenvalue weighted by atomic mass is 9.67. The van der Waals surface area contributed by atoms with Crippen LogP contribution in [0.3, 0.4) is 0 Å². The molecule has 9 rings (SSSR count). The molecule has 1 aliphatic carbocycles. The highest BCUT2D eigenvalue weighted by Gasteiger charge is 2.46. The van der Waals surface area contributed by atoms with Crippen molar-refractivity contribution in [2.75, 3.05) is 4.90 Å². The van der Waals surface area contributed by atoms with Crippen LogP contribution >= 0.6 is 0 Å². The fourth-order valence-corrected chi connectivity index (χ4v) is 8.63. The van der Waals surface area contributed by atoms with E-state index < -0.39 is 23.1 Å². The number of fused-ring (bicyclic) bond motifs is 5. The zero-order chi connectivity index (χ0) is 36.4. The fourth-order valence-electron chi connectivity index (χ4n) is 8.63. The highest BCUT2D eigenvalue weighted by molar-refractivity contribution is 6.34. The molecular weight excluding hydrogens is 657 g/mol. The first kappa shape index (κ1) is 32.5. The minimum atomic E-state index is -0.606. The summed E-state index contributed by atoms with van der Waals surface area (Å²) in [6.07, 6.45) is 3.53. The van der Waals surface area contributed by atoms with Crippen LogP contribution in [0.25, 0.3) is 22.3 Å². The van der Waals surface area contributed by atoms with Crippen molar-refractivity contribution in [1.82, 2.24) is 5.32 Å². The molecule has 1 atom stereocenters. The van der Waals surface area contributed by atoms with E-state index in [1.807, 2.05) is 12.1 Å². The van der Waals surface area contributed by atoms with Gasteiger partial charge in [0.2, 0.25) is 0 Å². The minimum Gasteiger partial charge on any atom is -0.288 e. The summed E-state index contributed by atoms with van der Waals surface area (Å²) in [6, 6.07) is 44.2. The van der Waals surface area contributed by atoms with Crippen LogP contribution in [0.2, 0.25) is 0 Å². The average Bonchev–Trinajstić information content (AvgIpc) is 3.76. The van der Waals surface area contributed by atoms with Crippen LogP contribution in [0.5, 0.6) is 0 Å². The number of carbonyl (C=O) groups excluding carboxylic acids is 4. The maximum absolute atomic E-state index is 14.0. The van der Waals surface area contributed by atoms with E-state index in [9.17, 15) is 19.2 Å². The van der Waals surface area contributed by atoms with E-state index in [-0.39, 0.29) is 5.91 Å². The highest BCUT2D eigenvalue weighted by atomic mass is 16.2. The van der Waals surface area contributed by atoms with Crippen LogP contribution in [0.15, 0.2) is 133 Å². The number of nitrogens with one attached hydrogen (secondary N) is 1. The van der Waals surface area contributed by atoms with Gasteiger partial charge in [0.25, 0.3) is 23.6 Å². The molecule has 6 nitrogen and oxygen atoms in total. The summed E-state index contributed by atoms with van der Waals surface area (Å²) in [5.41, 5.74) is 10.8. The van der Waals surface area contributed by atoms with Gasteiger partial charge in [0.15, 0.2) is 0 Å². The van der Waals surface area contributed by atoms with Crippen LogP contribution in [0.1, 0.15) is 108 Å². The number of nitrogens with zero attached hydrogens (tertiary/aromatic N) is 1. The molecule has 53 heavy (non-hydrogen) atoms. The Kier molecular flexibility index (Phi) is 7.59. The third-order valence-corrected chi connectivity index (χ3v) is 11.4. The predicted molar refractivity (Wildman–Crippen MR) is 207 cm³/mol. The molecule has 0 saturated carbocycles. The number of anilines is 1. The lowest BCUT2D eigenvalue weighted by Gasteiger charge is -2.34. The smallest absolute Gasteiger partial charge is 0.266 e. The minimum absolute atomic E-state index is 0.292. The van der Waals surface area contributed by atoms with Gasteiger partial charge in [-0.05, 0) is 98.8 Å². The Morgan fingerprint density at radius 2 is 1.09 bits per heavy atom. The molecule has 1 N–H and O–H groups in total. The predicted octanol–water partition coefficient (Wildman–Crippen LogP) is 9.69. The number of rotatable bonds is 8. The summed E-state index contributed by atoms with van der Waals surface area (Å²) in [7, 11) is 0. The van der Waals surface area contributed by atoms with E-state index in [4.69, 9.17) is 0 Å². The second-order valence-electron chi connectivity index (χ2n) is 14.3. The molecule has 6 aromatic rings. The van der Waals surface area contributed by atoms with Crippen LogP contribution in [-0.2, 0) is 5.41 Å². The number of amides is 4. The Balaban J connectivity index is 1.10. The number of hydrogen-bond acceptors (Lipinski definition) is 4. The zero-order valence-corrected chi connectivity index (χ0v) is 29.5. The van der Waals surface area contributed by atoms with Gasteiger partial charge in [0, 0.05) is 0 Å². The van der Waals surface area contributed by atoms with Gasteiger partial charge >= 0.3 is 0 Å². The van der Waals surface area contributed by atoms with E-state index in [0.29, 0.717) is 45.0 Å². The molecular formula is C47H36N2O4. The first-order valence-electron chi connectivity index (χ1n) is 18.2. The fraction of sp³-hybridized carbons (Fsp3) is 0.149. The van der Waals surface area contributed by atoms with Crippen molar-refractivity contribution in [3.8, 4) is 22.3 Å². The van der Waals surface area contributed by atoms with Crippen molar-refractivity contribution in [3.05, 3.63) is 184 Å². The molecule has 0 bridgehead atoms. The molecule has 0 saturated heterocycles. The molecule has 0 aromatic heterocycles. The van der Waals surface area contributed by atoms with Gasteiger partial charge in [-0.1, -0.05) is 124 Å². The maximum Gasteiger partial charge on any atom is 0.266 e. The van der Waals surface area contributed by atoms with Gasteiger partial charge in [0.05, 0.1) is 33.4 Å². The number of hydrogen-bond donors (Lipinski definition) is 1. The summed E-state index contributed by atoms with van der Waals surface area (Å²) in [5.74, 6) is -1.20. The van der Waals surface area contributed by atoms with Crippen molar-refractivity contribution in [1.29, 1.82) is 0 Å². The van der Waals surface area contributed by atoms with Crippen molar-refractivity contribution in [3.63, 3.8) is 0 Å². The molecule has 2 aliphatic heterocycles. The van der Waals surface area contributed by atoms with Crippen LogP contribution < -0.4 is 10.2 Å². The normalized spacial score (nSPS) is 15.5.